The average molecular weight is 398 g/mol. The summed E-state index contributed by atoms with van der Waals surface area (Å²) in [5.74, 6) is 0.874. The van der Waals surface area contributed by atoms with E-state index in [1.54, 1.807) is 7.11 Å². The summed E-state index contributed by atoms with van der Waals surface area (Å²) in [6.07, 6.45) is -0.304. The number of piperazine rings is 1. The number of carbonyl (C=O) groups excluding carboxylic acids is 1. The third-order valence-corrected chi connectivity index (χ3v) is 5.55. The summed E-state index contributed by atoms with van der Waals surface area (Å²) < 4.78 is 10.7. The van der Waals surface area contributed by atoms with Crippen molar-refractivity contribution in [3.05, 3.63) is 59.2 Å². The molecule has 29 heavy (non-hydrogen) atoms. The fourth-order valence-corrected chi connectivity index (χ4v) is 3.93. The van der Waals surface area contributed by atoms with Crippen molar-refractivity contribution in [1.29, 1.82) is 0 Å². The maximum atomic E-state index is 11.4. The highest BCUT2D eigenvalue weighted by molar-refractivity contribution is 5.65. The Morgan fingerprint density at radius 1 is 1.07 bits per heavy atom. The van der Waals surface area contributed by atoms with Crippen LogP contribution in [0, 0.1) is 13.8 Å². The van der Waals surface area contributed by atoms with E-state index >= 15 is 0 Å². The lowest BCUT2D eigenvalue weighted by Gasteiger charge is -2.36. The summed E-state index contributed by atoms with van der Waals surface area (Å²) in [4.78, 5) is 16.2. The summed E-state index contributed by atoms with van der Waals surface area (Å²) in [6.45, 7) is 8.86. The standard InChI is InChI=1S/C23H31N3O3/c1-17-4-9-21(18(2)16-17)22(29-23(24)27)10-11-25-12-14-26(15-13-25)19-5-7-20(28-3)8-6-19/h4-9,16,22H,10-15H2,1-3H3,(H2,24,27). The van der Waals surface area contributed by atoms with Crippen molar-refractivity contribution >= 4 is 11.8 Å². The zero-order chi connectivity index (χ0) is 20.8. The summed E-state index contributed by atoms with van der Waals surface area (Å²) in [5.41, 5.74) is 9.90. The SMILES string of the molecule is COc1ccc(N2CCN(CCC(OC(N)=O)c3ccc(C)cc3C)CC2)cc1. The number of ether oxygens (including phenoxy) is 2. The monoisotopic (exact) mass is 397 g/mol. The molecule has 0 spiro atoms. The highest BCUT2D eigenvalue weighted by Crippen LogP contribution is 2.26. The van der Waals surface area contributed by atoms with E-state index in [9.17, 15) is 4.79 Å². The van der Waals surface area contributed by atoms with Gasteiger partial charge in [0, 0.05) is 44.8 Å². The maximum absolute atomic E-state index is 11.4. The van der Waals surface area contributed by atoms with Gasteiger partial charge in [-0.1, -0.05) is 23.8 Å². The number of methoxy groups -OCH3 is 1. The molecular formula is C23H31N3O3. The zero-order valence-electron chi connectivity index (χ0n) is 17.6. The molecule has 6 heteroatoms. The van der Waals surface area contributed by atoms with Gasteiger partial charge in [-0.2, -0.15) is 0 Å². The van der Waals surface area contributed by atoms with Gasteiger partial charge in [-0.25, -0.2) is 4.79 Å². The van der Waals surface area contributed by atoms with Crippen LogP contribution in [0.3, 0.4) is 0 Å². The van der Waals surface area contributed by atoms with Crippen LogP contribution >= 0.6 is 0 Å². The van der Waals surface area contributed by atoms with E-state index < -0.39 is 6.09 Å². The molecule has 1 atom stereocenters. The minimum atomic E-state index is -0.723. The lowest BCUT2D eigenvalue weighted by Crippen LogP contribution is -2.46. The third-order valence-electron chi connectivity index (χ3n) is 5.55. The highest BCUT2D eigenvalue weighted by Gasteiger charge is 2.22. The molecule has 0 aromatic heterocycles. The van der Waals surface area contributed by atoms with E-state index in [0.717, 1.165) is 56.0 Å². The first-order chi connectivity index (χ1) is 14.0. The first kappa shape index (κ1) is 21.0. The molecule has 1 amide bonds. The number of anilines is 1. The molecule has 1 saturated heterocycles. The lowest BCUT2D eigenvalue weighted by molar-refractivity contribution is 0.0907. The molecule has 1 heterocycles. The van der Waals surface area contributed by atoms with Crippen molar-refractivity contribution in [1.82, 2.24) is 4.90 Å². The number of rotatable bonds is 7. The van der Waals surface area contributed by atoms with Crippen molar-refractivity contribution in [3.8, 4) is 5.75 Å². The Bertz CT molecular complexity index is 815. The van der Waals surface area contributed by atoms with Gasteiger partial charge in [0.15, 0.2) is 0 Å². The Hall–Kier alpha value is -2.73. The predicted molar refractivity (Wildman–Crippen MR) is 116 cm³/mol. The summed E-state index contributed by atoms with van der Waals surface area (Å²) in [7, 11) is 1.68. The largest absolute Gasteiger partial charge is 0.497 e. The normalized spacial score (nSPS) is 15.8. The molecule has 2 N–H and O–H groups in total. The van der Waals surface area contributed by atoms with Gasteiger partial charge >= 0.3 is 6.09 Å². The molecule has 1 unspecified atom stereocenters. The van der Waals surface area contributed by atoms with Crippen LogP contribution in [0.15, 0.2) is 42.5 Å². The molecule has 1 aliphatic heterocycles. The summed E-state index contributed by atoms with van der Waals surface area (Å²) >= 11 is 0. The van der Waals surface area contributed by atoms with Crippen LogP contribution in [0.5, 0.6) is 5.75 Å². The van der Waals surface area contributed by atoms with Gasteiger partial charge in [0.2, 0.25) is 0 Å². The fourth-order valence-electron chi connectivity index (χ4n) is 3.93. The second-order valence-electron chi connectivity index (χ2n) is 7.60. The molecule has 0 aliphatic carbocycles. The topological polar surface area (TPSA) is 68.0 Å². The highest BCUT2D eigenvalue weighted by atomic mass is 16.6. The number of nitrogens with two attached hydrogens (primary N) is 1. The van der Waals surface area contributed by atoms with E-state index in [-0.39, 0.29) is 6.10 Å². The van der Waals surface area contributed by atoms with E-state index in [1.807, 2.05) is 31.2 Å². The Kier molecular flexibility index (Phi) is 6.99. The van der Waals surface area contributed by atoms with E-state index in [0.29, 0.717) is 0 Å². The minimum Gasteiger partial charge on any atom is -0.497 e. The smallest absolute Gasteiger partial charge is 0.405 e. The zero-order valence-corrected chi connectivity index (χ0v) is 17.6. The quantitative estimate of drug-likeness (QED) is 0.772. The molecule has 1 aliphatic rings. The predicted octanol–water partition coefficient (Wildman–Crippen LogP) is 3.66. The molecular weight excluding hydrogens is 366 g/mol. The Morgan fingerprint density at radius 3 is 2.34 bits per heavy atom. The number of aryl methyl sites for hydroxylation is 2. The molecule has 2 aromatic carbocycles. The fraction of sp³-hybridized carbons (Fsp3) is 0.435. The number of hydrogen-bond acceptors (Lipinski definition) is 5. The molecule has 3 rings (SSSR count). The van der Waals surface area contributed by atoms with Crippen LogP contribution in [-0.2, 0) is 4.74 Å². The Labute approximate surface area is 173 Å². The molecule has 6 nitrogen and oxygen atoms in total. The number of hydrogen-bond donors (Lipinski definition) is 1. The summed E-state index contributed by atoms with van der Waals surface area (Å²) in [5, 5.41) is 0. The van der Waals surface area contributed by atoms with Crippen LogP contribution in [0.1, 0.15) is 29.2 Å². The van der Waals surface area contributed by atoms with Gasteiger partial charge in [-0.3, -0.25) is 4.90 Å². The first-order valence-corrected chi connectivity index (χ1v) is 10.1. The molecule has 1 fully saturated rings. The van der Waals surface area contributed by atoms with Crippen LogP contribution in [0.2, 0.25) is 0 Å². The van der Waals surface area contributed by atoms with Crippen molar-refractivity contribution in [2.24, 2.45) is 5.73 Å². The average Bonchev–Trinajstić information content (AvgIpc) is 2.71. The van der Waals surface area contributed by atoms with Gasteiger partial charge < -0.3 is 20.1 Å². The second kappa shape index (κ2) is 9.65. The first-order valence-electron chi connectivity index (χ1n) is 10.1. The van der Waals surface area contributed by atoms with Crippen molar-refractivity contribution in [2.45, 2.75) is 26.4 Å². The van der Waals surface area contributed by atoms with Crippen molar-refractivity contribution < 1.29 is 14.3 Å². The van der Waals surface area contributed by atoms with E-state index in [4.69, 9.17) is 15.2 Å². The number of nitrogens with zero attached hydrogens (tertiary/aromatic N) is 2. The van der Waals surface area contributed by atoms with Gasteiger partial charge in [0.05, 0.1) is 7.11 Å². The van der Waals surface area contributed by atoms with Crippen LogP contribution in [-0.4, -0.2) is 50.8 Å². The molecule has 2 aromatic rings. The Morgan fingerprint density at radius 2 is 1.76 bits per heavy atom. The number of benzene rings is 2. The van der Waals surface area contributed by atoms with E-state index in [2.05, 4.69) is 34.9 Å². The summed E-state index contributed by atoms with van der Waals surface area (Å²) in [6, 6.07) is 14.4. The van der Waals surface area contributed by atoms with E-state index in [1.165, 1.54) is 11.3 Å². The molecule has 0 bridgehead atoms. The van der Waals surface area contributed by atoms with Gasteiger partial charge in [-0.05, 0) is 49.2 Å². The van der Waals surface area contributed by atoms with Crippen molar-refractivity contribution in [3.63, 3.8) is 0 Å². The molecule has 156 valence electrons. The van der Waals surface area contributed by atoms with Gasteiger partial charge in [0.1, 0.15) is 11.9 Å². The number of primary amides is 1. The van der Waals surface area contributed by atoms with Crippen LogP contribution in [0.25, 0.3) is 0 Å². The minimum absolute atomic E-state index is 0.312. The lowest BCUT2D eigenvalue weighted by atomic mass is 9.98. The number of amides is 1. The molecule has 0 saturated carbocycles. The van der Waals surface area contributed by atoms with Crippen LogP contribution < -0.4 is 15.4 Å². The second-order valence-corrected chi connectivity index (χ2v) is 7.60. The number of carbonyl (C=O) groups is 1. The third kappa shape index (κ3) is 5.64. The Balaban J connectivity index is 1.56. The molecule has 0 radical (unpaired) electrons. The van der Waals surface area contributed by atoms with Gasteiger partial charge in [-0.15, -0.1) is 0 Å². The van der Waals surface area contributed by atoms with Crippen molar-refractivity contribution in [2.75, 3.05) is 44.7 Å². The van der Waals surface area contributed by atoms with Crippen LogP contribution in [0.4, 0.5) is 10.5 Å². The maximum Gasteiger partial charge on any atom is 0.405 e. The van der Waals surface area contributed by atoms with Gasteiger partial charge in [0.25, 0.3) is 0 Å².